The van der Waals surface area contributed by atoms with Crippen LogP contribution in [0.5, 0.6) is 17.2 Å². The highest BCUT2D eigenvalue weighted by Crippen LogP contribution is 2.36. The van der Waals surface area contributed by atoms with E-state index in [9.17, 15) is 0 Å². The van der Waals surface area contributed by atoms with Crippen LogP contribution in [0.25, 0.3) is 0 Å². The normalized spacial score (nSPS) is 11.1. The Morgan fingerprint density at radius 1 is 0.750 bits per heavy atom. The molecule has 0 radical (unpaired) electrons. The summed E-state index contributed by atoms with van der Waals surface area (Å²) >= 11 is 0. The summed E-state index contributed by atoms with van der Waals surface area (Å²) in [4.78, 5) is 4.66. The lowest BCUT2D eigenvalue weighted by atomic mass is 10.3. The van der Waals surface area contributed by atoms with Gasteiger partial charge < -0.3 is 24.0 Å². The molecule has 138 valence electrons. The number of likely N-dealkylation sites (N-methyl/N-ethyl adjacent to an activating group) is 2. The first-order chi connectivity index (χ1) is 11.7. The van der Waals surface area contributed by atoms with E-state index in [2.05, 4.69) is 37.5 Å². The number of rotatable bonds is 13. The predicted octanol–water partition coefficient (Wildman–Crippen LogP) is 3.14. The molecule has 5 heteroatoms. The molecule has 0 heterocycles. The molecule has 0 atom stereocenters. The number of methoxy groups -OCH3 is 1. The Morgan fingerprint density at radius 3 is 1.50 bits per heavy atom. The number of ether oxygens (including phenoxy) is 3. The van der Waals surface area contributed by atoms with E-state index in [1.54, 1.807) is 7.11 Å². The lowest BCUT2D eigenvalue weighted by Crippen LogP contribution is -2.28. The molecule has 1 rings (SSSR count). The average molecular weight is 338 g/mol. The average Bonchev–Trinajstić information content (AvgIpc) is 2.62. The molecule has 1 aromatic carbocycles. The molecule has 0 fully saturated rings. The standard InChI is InChI=1S/C19H34N2O3/c1-6-20(7-2)13-15-23-17-11-10-12-18(19(17)22-5)24-16-14-21(8-3)9-4/h10-12H,6-9,13-16H2,1-5H3. The predicted molar refractivity (Wildman–Crippen MR) is 99.6 cm³/mol. The van der Waals surface area contributed by atoms with Gasteiger partial charge in [0.1, 0.15) is 13.2 Å². The van der Waals surface area contributed by atoms with E-state index in [0.717, 1.165) is 50.8 Å². The Labute approximate surface area is 147 Å². The molecule has 0 saturated carbocycles. The summed E-state index contributed by atoms with van der Waals surface area (Å²) in [6.45, 7) is 15.9. The van der Waals surface area contributed by atoms with Gasteiger partial charge in [-0.3, -0.25) is 0 Å². The zero-order chi connectivity index (χ0) is 17.8. The van der Waals surface area contributed by atoms with Gasteiger partial charge in [0.05, 0.1) is 7.11 Å². The molecule has 0 spiro atoms. The number of nitrogens with zero attached hydrogens (tertiary/aromatic N) is 2. The molecule has 5 nitrogen and oxygen atoms in total. The summed E-state index contributed by atoms with van der Waals surface area (Å²) in [5.41, 5.74) is 0. The molecule has 0 unspecified atom stereocenters. The van der Waals surface area contributed by atoms with Gasteiger partial charge in [0.25, 0.3) is 0 Å². The Morgan fingerprint density at radius 2 is 1.17 bits per heavy atom. The quantitative estimate of drug-likeness (QED) is 0.552. The second kappa shape index (κ2) is 12.0. The molecule has 0 aliphatic heterocycles. The van der Waals surface area contributed by atoms with Gasteiger partial charge in [-0.05, 0) is 38.3 Å². The second-order valence-electron chi connectivity index (χ2n) is 5.54. The number of hydrogen-bond donors (Lipinski definition) is 0. The van der Waals surface area contributed by atoms with Crippen LogP contribution in [0.3, 0.4) is 0 Å². The van der Waals surface area contributed by atoms with Crippen molar-refractivity contribution in [1.29, 1.82) is 0 Å². The maximum Gasteiger partial charge on any atom is 0.203 e. The van der Waals surface area contributed by atoms with Gasteiger partial charge in [-0.15, -0.1) is 0 Å². The Bertz CT molecular complexity index is 410. The summed E-state index contributed by atoms with van der Waals surface area (Å²) in [5.74, 6) is 2.16. The minimum Gasteiger partial charge on any atom is -0.490 e. The third-order valence-electron chi connectivity index (χ3n) is 4.27. The summed E-state index contributed by atoms with van der Waals surface area (Å²) in [6.07, 6.45) is 0. The van der Waals surface area contributed by atoms with Crippen molar-refractivity contribution in [3.8, 4) is 17.2 Å². The van der Waals surface area contributed by atoms with Crippen molar-refractivity contribution < 1.29 is 14.2 Å². The zero-order valence-corrected chi connectivity index (χ0v) is 16.0. The van der Waals surface area contributed by atoms with Gasteiger partial charge in [-0.25, -0.2) is 0 Å². The van der Waals surface area contributed by atoms with E-state index >= 15 is 0 Å². The fourth-order valence-electron chi connectivity index (χ4n) is 2.57. The molecule has 0 aliphatic carbocycles. The number of hydrogen-bond acceptors (Lipinski definition) is 5. The molecule has 0 bridgehead atoms. The van der Waals surface area contributed by atoms with Gasteiger partial charge in [-0.1, -0.05) is 33.8 Å². The van der Waals surface area contributed by atoms with Crippen LogP contribution in [-0.2, 0) is 0 Å². The molecule has 1 aromatic rings. The van der Waals surface area contributed by atoms with Crippen LogP contribution < -0.4 is 14.2 Å². The Kier molecular flexibility index (Phi) is 10.3. The molecule has 24 heavy (non-hydrogen) atoms. The molecule has 0 saturated heterocycles. The summed E-state index contributed by atoms with van der Waals surface area (Å²) in [5, 5.41) is 0. The first-order valence-electron chi connectivity index (χ1n) is 9.07. The SMILES string of the molecule is CCN(CC)CCOc1cccc(OCCN(CC)CC)c1OC. The first kappa shape index (κ1) is 20.6. The van der Waals surface area contributed by atoms with Crippen LogP contribution in [-0.4, -0.2) is 69.4 Å². The highest BCUT2D eigenvalue weighted by molar-refractivity contribution is 5.51. The highest BCUT2D eigenvalue weighted by atomic mass is 16.5. The van der Waals surface area contributed by atoms with Crippen LogP contribution in [0.2, 0.25) is 0 Å². The fourth-order valence-corrected chi connectivity index (χ4v) is 2.57. The summed E-state index contributed by atoms with van der Waals surface area (Å²) in [7, 11) is 1.66. The Hall–Kier alpha value is -1.46. The topological polar surface area (TPSA) is 34.2 Å². The molecular weight excluding hydrogens is 304 g/mol. The minimum absolute atomic E-state index is 0.640. The van der Waals surface area contributed by atoms with Crippen LogP contribution in [0, 0.1) is 0 Å². The smallest absolute Gasteiger partial charge is 0.203 e. The molecule has 0 N–H and O–H groups in total. The van der Waals surface area contributed by atoms with E-state index in [-0.39, 0.29) is 0 Å². The van der Waals surface area contributed by atoms with Crippen molar-refractivity contribution in [3.63, 3.8) is 0 Å². The monoisotopic (exact) mass is 338 g/mol. The molecular formula is C19H34N2O3. The number of benzene rings is 1. The zero-order valence-electron chi connectivity index (χ0n) is 16.0. The van der Waals surface area contributed by atoms with Gasteiger partial charge in [0.15, 0.2) is 11.5 Å². The molecule has 0 aromatic heterocycles. The minimum atomic E-state index is 0.640. The molecule has 0 aliphatic rings. The van der Waals surface area contributed by atoms with Gasteiger partial charge in [-0.2, -0.15) is 0 Å². The van der Waals surface area contributed by atoms with E-state index in [1.807, 2.05) is 18.2 Å². The van der Waals surface area contributed by atoms with Crippen LogP contribution >= 0.6 is 0 Å². The van der Waals surface area contributed by atoms with Crippen molar-refractivity contribution in [2.45, 2.75) is 27.7 Å². The van der Waals surface area contributed by atoms with Crippen molar-refractivity contribution in [3.05, 3.63) is 18.2 Å². The summed E-state index contributed by atoms with van der Waals surface area (Å²) < 4.78 is 17.4. The number of para-hydroxylation sites is 1. The van der Waals surface area contributed by atoms with Crippen molar-refractivity contribution in [1.82, 2.24) is 9.80 Å². The largest absolute Gasteiger partial charge is 0.490 e. The van der Waals surface area contributed by atoms with Gasteiger partial charge >= 0.3 is 0 Å². The third kappa shape index (κ3) is 6.57. The maximum absolute atomic E-state index is 5.92. The third-order valence-corrected chi connectivity index (χ3v) is 4.27. The lowest BCUT2D eigenvalue weighted by molar-refractivity contribution is 0.205. The molecule has 0 amide bonds. The van der Waals surface area contributed by atoms with Gasteiger partial charge in [0, 0.05) is 13.1 Å². The van der Waals surface area contributed by atoms with E-state index < -0.39 is 0 Å². The lowest BCUT2D eigenvalue weighted by Gasteiger charge is -2.20. The van der Waals surface area contributed by atoms with Crippen LogP contribution in [0.4, 0.5) is 0 Å². The summed E-state index contributed by atoms with van der Waals surface area (Å²) in [6, 6.07) is 5.80. The van der Waals surface area contributed by atoms with E-state index in [1.165, 1.54) is 0 Å². The fraction of sp³-hybridized carbons (Fsp3) is 0.684. The van der Waals surface area contributed by atoms with Crippen LogP contribution in [0.15, 0.2) is 18.2 Å². The van der Waals surface area contributed by atoms with E-state index in [4.69, 9.17) is 14.2 Å². The van der Waals surface area contributed by atoms with E-state index in [0.29, 0.717) is 19.0 Å². The van der Waals surface area contributed by atoms with Gasteiger partial charge in [0.2, 0.25) is 5.75 Å². The van der Waals surface area contributed by atoms with Crippen LogP contribution in [0.1, 0.15) is 27.7 Å². The van der Waals surface area contributed by atoms with Crippen molar-refractivity contribution in [2.75, 3.05) is 59.6 Å². The Balaban J connectivity index is 2.61. The first-order valence-corrected chi connectivity index (χ1v) is 9.07. The second-order valence-corrected chi connectivity index (χ2v) is 5.54. The van der Waals surface area contributed by atoms with Crippen molar-refractivity contribution in [2.24, 2.45) is 0 Å². The highest BCUT2D eigenvalue weighted by Gasteiger charge is 2.12. The maximum atomic E-state index is 5.92. The van der Waals surface area contributed by atoms with Crippen molar-refractivity contribution >= 4 is 0 Å².